The topological polar surface area (TPSA) is 323 Å². The van der Waals surface area contributed by atoms with Gasteiger partial charge in [-0.3, -0.25) is 0 Å². The van der Waals surface area contributed by atoms with Crippen molar-refractivity contribution in [3.8, 4) is 5.82 Å². The Hall–Kier alpha value is -1.35. The highest BCUT2D eigenvalue weighted by atomic mass is 35.7. The standard InChI is InChI=1S/C10H9N2.3ClHO4.H3N/c1-4-8-12(9-5-1)10-6-2-3-7-11-10;3*2-1(3,4)5;/h1-9H;3*(H,2,3,4,5);1H3/q+1;;;;/p-1. The Morgan fingerprint density at radius 2 is 1.04 bits per heavy atom. The summed E-state index contributed by atoms with van der Waals surface area (Å²) in [7, 11) is -14.3. The molecule has 0 radical (unpaired) electrons. The summed E-state index contributed by atoms with van der Waals surface area (Å²) in [5.41, 5.74) is 0. The minimum Gasteiger partial charge on any atom is -0.344 e. The van der Waals surface area contributed by atoms with Crippen LogP contribution in [-0.2, 0) is 0 Å². The van der Waals surface area contributed by atoms with Crippen LogP contribution in [0.2, 0.25) is 0 Å². The van der Waals surface area contributed by atoms with Crippen LogP contribution in [0.4, 0.5) is 0 Å². The Balaban J connectivity index is -0.000000334. The number of aromatic nitrogens is 2. The molecule has 2 rings (SSSR count). The van der Waals surface area contributed by atoms with E-state index in [0.29, 0.717) is 0 Å². The van der Waals surface area contributed by atoms with Gasteiger partial charge in [0.05, 0.1) is 42.2 Å². The summed E-state index contributed by atoms with van der Waals surface area (Å²) < 4.78 is 101. The summed E-state index contributed by atoms with van der Waals surface area (Å²) in [6.45, 7) is 0. The van der Waals surface area contributed by atoms with Crippen molar-refractivity contribution in [1.82, 2.24) is 11.1 Å². The van der Waals surface area contributed by atoms with Crippen LogP contribution in [0.15, 0.2) is 55.0 Å². The molecule has 0 aliphatic carbocycles. The fourth-order valence-corrected chi connectivity index (χ4v) is 1.06. The number of hydrogen-bond acceptors (Lipinski definition) is 14. The molecule has 2 heterocycles. The molecule has 162 valence electrons. The molecule has 5 N–H and O–H groups in total. The molecule has 0 bridgehead atoms. The van der Waals surface area contributed by atoms with E-state index < -0.39 is 30.7 Å². The first kappa shape index (κ1) is 31.3. The second-order valence-electron chi connectivity index (χ2n) is 3.64. The highest BCUT2D eigenvalue weighted by Crippen LogP contribution is 1.91. The van der Waals surface area contributed by atoms with Crippen LogP contribution < -0.4 is 57.3 Å². The predicted octanol–water partition coefficient (Wildman–Crippen LogP) is -11.5. The second-order valence-corrected chi connectivity index (χ2v) is 5.98. The summed E-state index contributed by atoms with van der Waals surface area (Å²) in [4.78, 5) is 4.21. The fourth-order valence-electron chi connectivity index (χ4n) is 1.06. The van der Waals surface area contributed by atoms with Crippen LogP contribution in [0.25, 0.3) is 5.82 Å². The van der Waals surface area contributed by atoms with Gasteiger partial charge in [0, 0.05) is 6.07 Å². The Morgan fingerprint density at radius 1 is 0.679 bits per heavy atom. The molecule has 0 amide bonds. The van der Waals surface area contributed by atoms with E-state index in [-0.39, 0.29) is 6.15 Å². The van der Waals surface area contributed by atoms with E-state index in [4.69, 9.17) is 55.9 Å². The third kappa shape index (κ3) is 39.6. The largest absolute Gasteiger partial charge is 0.344 e. The summed E-state index contributed by atoms with van der Waals surface area (Å²) in [5, 5.41) is 0. The Morgan fingerprint density at radius 3 is 1.32 bits per heavy atom. The predicted molar refractivity (Wildman–Crippen MR) is 55.2 cm³/mol. The lowest BCUT2D eigenvalue weighted by molar-refractivity contribution is -2.00. The fraction of sp³-hybridized carbons (Fsp3) is 0. The maximum absolute atomic E-state index is 8.60. The van der Waals surface area contributed by atoms with Gasteiger partial charge in [0.1, 0.15) is 6.20 Å². The Labute approximate surface area is 163 Å². The van der Waals surface area contributed by atoms with Gasteiger partial charge in [-0.1, -0.05) is 12.1 Å². The Kier molecular flexibility index (Phi) is 16.4. The smallest absolute Gasteiger partial charge is 0.327 e. The molecule has 2 aromatic rings. The molecule has 0 saturated carbocycles. The first-order chi connectivity index (χ1) is 12.0. The average Bonchev–Trinajstić information content (AvgIpc) is 2.44. The van der Waals surface area contributed by atoms with Gasteiger partial charge in [-0.25, -0.2) is 23.2 Å². The van der Waals surface area contributed by atoms with Gasteiger partial charge in [0.15, 0.2) is 0 Å². The van der Waals surface area contributed by atoms with Crippen LogP contribution in [0.1, 0.15) is 0 Å². The van der Waals surface area contributed by atoms with Gasteiger partial charge >= 0.3 is 5.82 Å². The van der Waals surface area contributed by atoms with Crippen molar-refractivity contribution < 1.29 is 91.2 Å². The lowest BCUT2D eigenvalue weighted by Crippen LogP contribution is -2.68. The molecule has 18 heteroatoms. The zero-order valence-corrected chi connectivity index (χ0v) is 15.7. The molecular formula is C10H14Cl3N3O12. The SMILES string of the molecule is N.[O-][Cl+3]([O-])([O-])O.[O-][Cl+3]([O-])([O-])O.[O-][Cl+3]([O-])([O-])[O-].c1cc[n+](-c2ccccn2)cc1. The minimum absolute atomic E-state index is 0. The highest BCUT2D eigenvalue weighted by Gasteiger charge is 2.01. The monoisotopic (exact) mass is 473 g/mol. The van der Waals surface area contributed by atoms with E-state index in [9.17, 15) is 0 Å². The van der Waals surface area contributed by atoms with Gasteiger partial charge in [-0.15, -0.1) is 10.2 Å². The molecule has 0 aliphatic heterocycles. The van der Waals surface area contributed by atoms with Crippen LogP contribution in [0, 0.1) is 30.7 Å². The van der Waals surface area contributed by atoms with Crippen LogP contribution in [0.5, 0.6) is 0 Å². The number of rotatable bonds is 1. The molecule has 0 aliphatic rings. The van der Waals surface area contributed by atoms with Crippen LogP contribution in [0.3, 0.4) is 0 Å². The van der Waals surface area contributed by atoms with Crippen molar-refractivity contribution in [2.45, 2.75) is 0 Å². The van der Waals surface area contributed by atoms with E-state index in [1.165, 1.54) is 0 Å². The van der Waals surface area contributed by atoms with Crippen LogP contribution in [-0.4, -0.2) is 14.3 Å². The molecule has 0 aromatic carbocycles. The van der Waals surface area contributed by atoms with Crippen molar-refractivity contribution in [2.75, 3.05) is 0 Å². The van der Waals surface area contributed by atoms with Crippen LogP contribution >= 0.6 is 0 Å². The van der Waals surface area contributed by atoms with Gasteiger partial charge in [-0.2, -0.15) is 28.0 Å². The molecular weight excluding hydrogens is 460 g/mol. The summed E-state index contributed by atoms with van der Waals surface area (Å²) >= 11 is 0. The first-order valence-corrected chi connectivity index (χ1v) is 9.49. The van der Waals surface area contributed by atoms with Crippen molar-refractivity contribution in [2.24, 2.45) is 0 Å². The quantitative estimate of drug-likeness (QED) is 0.323. The van der Waals surface area contributed by atoms with E-state index in [1.54, 1.807) is 6.20 Å². The normalized spacial score (nSPS) is 10.6. The first-order valence-electron chi connectivity index (χ1n) is 5.72. The third-order valence-corrected chi connectivity index (χ3v) is 1.63. The Bertz CT molecular complexity index is 522. The lowest BCUT2D eigenvalue weighted by Gasteiger charge is -2.17. The zero-order valence-electron chi connectivity index (χ0n) is 13.4. The number of pyridine rings is 2. The molecule has 2 aromatic heterocycles. The van der Waals surface area contributed by atoms with Crippen molar-refractivity contribution in [3.63, 3.8) is 0 Å². The van der Waals surface area contributed by atoms with Crippen molar-refractivity contribution >= 4 is 0 Å². The summed E-state index contributed by atoms with van der Waals surface area (Å²) in [5.74, 6) is 0.943. The maximum Gasteiger partial charge on any atom is 0.327 e. The zero-order chi connectivity index (χ0) is 21.7. The lowest BCUT2D eigenvalue weighted by atomic mass is 10.4. The number of hydrogen-bond donors (Lipinski definition) is 3. The van der Waals surface area contributed by atoms with Gasteiger partial charge < -0.3 is 6.15 Å². The van der Waals surface area contributed by atoms with E-state index in [2.05, 4.69) is 4.98 Å². The summed E-state index contributed by atoms with van der Waals surface area (Å²) in [6.07, 6.45) is 5.74. The van der Waals surface area contributed by atoms with E-state index in [1.807, 2.05) is 53.4 Å². The third-order valence-electron chi connectivity index (χ3n) is 1.63. The average molecular weight is 475 g/mol. The van der Waals surface area contributed by atoms with Gasteiger partial charge in [0.25, 0.3) is 0 Å². The van der Waals surface area contributed by atoms with Crippen molar-refractivity contribution in [3.05, 3.63) is 55.0 Å². The molecule has 0 fully saturated rings. The molecule has 15 nitrogen and oxygen atoms in total. The molecule has 0 unspecified atom stereocenters. The van der Waals surface area contributed by atoms with E-state index >= 15 is 0 Å². The number of halogens is 3. The summed E-state index contributed by atoms with van der Waals surface area (Å²) in [6, 6.07) is 11.8. The van der Waals surface area contributed by atoms with Gasteiger partial charge in [-0.05, 0) is 23.2 Å². The van der Waals surface area contributed by atoms with Crippen molar-refractivity contribution in [1.29, 1.82) is 0 Å². The maximum atomic E-state index is 8.60. The number of nitrogens with zero attached hydrogens (tertiary/aromatic N) is 2. The second kappa shape index (κ2) is 14.6. The molecule has 28 heavy (non-hydrogen) atoms. The minimum atomic E-state index is -4.94. The highest BCUT2D eigenvalue weighted by molar-refractivity contribution is 5.09. The molecule has 0 saturated heterocycles. The molecule has 0 atom stereocenters. The molecule has 0 spiro atoms. The van der Waals surface area contributed by atoms with Gasteiger partial charge in [0.2, 0.25) is 0 Å². The van der Waals surface area contributed by atoms with E-state index in [0.717, 1.165) is 5.82 Å².